The van der Waals surface area contributed by atoms with E-state index in [0.29, 0.717) is 33.0 Å². The molecule has 0 amide bonds. The van der Waals surface area contributed by atoms with Crippen molar-refractivity contribution in [3.05, 3.63) is 62.6 Å². The van der Waals surface area contributed by atoms with E-state index < -0.39 is 0 Å². The molecule has 0 radical (unpaired) electrons. The second-order valence-electron chi connectivity index (χ2n) is 3.98. The van der Waals surface area contributed by atoms with E-state index in [1.807, 2.05) is 12.1 Å². The Morgan fingerprint density at radius 1 is 1.10 bits per heavy atom. The smallest absolute Gasteiger partial charge is 0.157 e. The van der Waals surface area contributed by atoms with Crippen molar-refractivity contribution in [3.8, 4) is 5.75 Å². The van der Waals surface area contributed by atoms with E-state index in [1.165, 1.54) is 6.21 Å². The van der Waals surface area contributed by atoms with Crippen molar-refractivity contribution < 1.29 is 9.94 Å². The fraction of sp³-hybridized carbons (Fsp3) is 0.0714. The number of hydrogen-bond donors (Lipinski definition) is 1. The van der Waals surface area contributed by atoms with Crippen LogP contribution in [-0.2, 0) is 6.61 Å². The van der Waals surface area contributed by atoms with Crippen LogP contribution in [0.15, 0.2) is 41.6 Å². The molecule has 0 saturated carbocycles. The minimum absolute atomic E-state index is 0.299. The van der Waals surface area contributed by atoms with Gasteiger partial charge in [-0.05, 0) is 35.4 Å². The average molecular weight is 331 g/mol. The molecule has 0 heterocycles. The van der Waals surface area contributed by atoms with E-state index in [0.717, 1.165) is 5.56 Å². The predicted octanol–water partition coefficient (Wildman–Crippen LogP) is 5.03. The van der Waals surface area contributed by atoms with E-state index in [4.69, 9.17) is 44.7 Å². The molecule has 0 fully saturated rings. The van der Waals surface area contributed by atoms with Crippen molar-refractivity contribution in [3.63, 3.8) is 0 Å². The van der Waals surface area contributed by atoms with Crippen molar-refractivity contribution >= 4 is 41.0 Å². The van der Waals surface area contributed by atoms with Crippen molar-refractivity contribution in [1.82, 2.24) is 0 Å². The zero-order valence-electron chi connectivity index (χ0n) is 10.2. The van der Waals surface area contributed by atoms with Crippen LogP contribution in [0.4, 0.5) is 0 Å². The molecule has 1 N–H and O–H groups in total. The van der Waals surface area contributed by atoms with Crippen molar-refractivity contribution in [2.45, 2.75) is 6.61 Å². The maximum atomic E-state index is 8.49. The Morgan fingerprint density at radius 3 is 2.40 bits per heavy atom. The fourth-order valence-corrected chi connectivity index (χ4v) is 2.47. The number of rotatable bonds is 4. The van der Waals surface area contributed by atoms with Gasteiger partial charge in [-0.3, -0.25) is 0 Å². The van der Waals surface area contributed by atoms with Crippen LogP contribution in [0.1, 0.15) is 11.1 Å². The lowest BCUT2D eigenvalue weighted by atomic mass is 10.2. The van der Waals surface area contributed by atoms with Gasteiger partial charge in [0.15, 0.2) is 5.75 Å². The van der Waals surface area contributed by atoms with Crippen molar-refractivity contribution in [2.75, 3.05) is 0 Å². The van der Waals surface area contributed by atoms with Crippen LogP contribution in [-0.4, -0.2) is 11.4 Å². The molecule has 3 nitrogen and oxygen atoms in total. The predicted molar refractivity (Wildman–Crippen MR) is 81.6 cm³/mol. The van der Waals surface area contributed by atoms with Crippen LogP contribution in [0, 0.1) is 0 Å². The summed E-state index contributed by atoms with van der Waals surface area (Å²) < 4.78 is 5.61. The molecule has 0 aromatic heterocycles. The zero-order valence-corrected chi connectivity index (χ0v) is 12.5. The highest BCUT2D eigenvalue weighted by Crippen LogP contribution is 2.34. The molecule has 2 aromatic carbocycles. The highest BCUT2D eigenvalue weighted by atomic mass is 35.5. The second kappa shape index (κ2) is 6.84. The summed E-state index contributed by atoms with van der Waals surface area (Å²) in [4.78, 5) is 0. The Bertz CT molecular complexity index is 621. The largest absolute Gasteiger partial charge is 0.486 e. The van der Waals surface area contributed by atoms with Crippen LogP contribution in [0.25, 0.3) is 0 Å². The van der Waals surface area contributed by atoms with Gasteiger partial charge >= 0.3 is 0 Å². The number of benzene rings is 2. The lowest BCUT2D eigenvalue weighted by Gasteiger charge is -2.11. The molecule has 6 heteroatoms. The quantitative estimate of drug-likeness (QED) is 0.485. The van der Waals surface area contributed by atoms with Gasteiger partial charge in [0.25, 0.3) is 0 Å². The Hall–Kier alpha value is -1.42. The second-order valence-corrected chi connectivity index (χ2v) is 5.23. The van der Waals surface area contributed by atoms with Crippen molar-refractivity contribution in [2.24, 2.45) is 5.16 Å². The fourth-order valence-electron chi connectivity index (χ4n) is 1.64. The normalized spacial score (nSPS) is 10.9. The van der Waals surface area contributed by atoms with Gasteiger partial charge in [0.2, 0.25) is 0 Å². The van der Waals surface area contributed by atoms with Gasteiger partial charge in [-0.1, -0.05) is 52.1 Å². The number of nitrogens with zero attached hydrogens (tertiary/aromatic N) is 1. The Labute approximate surface area is 131 Å². The molecule has 20 heavy (non-hydrogen) atoms. The molecule has 0 atom stereocenters. The molecule has 0 bridgehead atoms. The maximum absolute atomic E-state index is 8.49. The summed E-state index contributed by atoms with van der Waals surface area (Å²) in [6.07, 6.45) is 1.23. The highest BCUT2D eigenvalue weighted by Gasteiger charge is 2.09. The molecule has 0 saturated heterocycles. The summed E-state index contributed by atoms with van der Waals surface area (Å²) in [5, 5.41) is 12.7. The first-order valence-corrected chi connectivity index (χ1v) is 6.77. The van der Waals surface area contributed by atoms with Gasteiger partial charge in [0, 0.05) is 5.02 Å². The Morgan fingerprint density at radius 2 is 1.80 bits per heavy atom. The monoisotopic (exact) mass is 329 g/mol. The number of oxime groups is 1. The Balaban J connectivity index is 2.17. The molecule has 0 aliphatic rings. The van der Waals surface area contributed by atoms with Crippen LogP contribution in [0.3, 0.4) is 0 Å². The molecule has 0 aliphatic carbocycles. The molecular weight excluding hydrogens is 321 g/mol. The summed E-state index contributed by atoms with van der Waals surface area (Å²) in [5.74, 6) is 0.378. The minimum Gasteiger partial charge on any atom is -0.486 e. The summed E-state index contributed by atoms with van der Waals surface area (Å²) in [6.45, 7) is 0.299. The third-order valence-corrected chi connectivity index (χ3v) is 3.30. The van der Waals surface area contributed by atoms with Gasteiger partial charge in [-0.2, -0.15) is 0 Å². The average Bonchev–Trinajstić information content (AvgIpc) is 2.38. The number of ether oxygens (including phenoxy) is 1. The zero-order chi connectivity index (χ0) is 14.5. The molecule has 0 aliphatic heterocycles. The number of hydrogen-bond acceptors (Lipinski definition) is 3. The van der Waals surface area contributed by atoms with E-state index >= 15 is 0 Å². The highest BCUT2D eigenvalue weighted by molar-refractivity contribution is 6.37. The van der Waals surface area contributed by atoms with Gasteiger partial charge in [-0.25, -0.2) is 0 Å². The molecule has 0 unspecified atom stereocenters. The summed E-state index contributed by atoms with van der Waals surface area (Å²) in [7, 11) is 0. The Kier molecular flexibility index (Phi) is 5.12. The van der Waals surface area contributed by atoms with E-state index in [2.05, 4.69) is 5.16 Å². The lowest BCUT2D eigenvalue weighted by Crippen LogP contribution is -1.97. The minimum atomic E-state index is 0.299. The topological polar surface area (TPSA) is 41.8 Å². The standard InChI is InChI=1S/C14H10Cl3NO2/c15-11-3-1-2-9(4-11)8-20-14-12(16)5-10(7-18-19)6-13(14)17/h1-7,19H,8H2/b18-7-. The number of halogens is 3. The summed E-state index contributed by atoms with van der Waals surface area (Å²) >= 11 is 18.1. The molecule has 2 rings (SSSR count). The first-order chi connectivity index (χ1) is 9.60. The van der Waals surface area contributed by atoms with Crippen LogP contribution >= 0.6 is 34.8 Å². The summed E-state index contributed by atoms with van der Waals surface area (Å²) in [6, 6.07) is 10.5. The first kappa shape index (κ1) is 15.0. The van der Waals surface area contributed by atoms with Gasteiger partial charge < -0.3 is 9.94 Å². The molecular formula is C14H10Cl3NO2. The van der Waals surface area contributed by atoms with Gasteiger partial charge in [0.1, 0.15) is 6.61 Å². The van der Waals surface area contributed by atoms with E-state index in [1.54, 1.807) is 24.3 Å². The van der Waals surface area contributed by atoms with E-state index in [-0.39, 0.29) is 0 Å². The van der Waals surface area contributed by atoms with Gasteiger partial charge in [-0.15, -0.1) is 0 Å². The third-order valence-electron chi connectivity index (χ3n) is 2.50. The van der Waals surface area contributed by atoms with Gasteiger partial charge in [0.05, 0.1) is 16.3 Å². The first-order valence-electron chi connectivity index (χ1n) is 5.64. The molecule has 2 aromatic rings. The van der Waals surface area contributed by atoms with E-state index in [9.17, 15) is 0 Å². The molecule has 104 valence electrons. The SMILES string of the molecule is O/N=C\c1cc(Cl)c(OCc2cccc(Cl)c2)c(Cl)c1. The van der Waals surface area contributed by atoms with Crippen molar-refractivity contribution in [1.29, 1.82) is 0 Å². The maximum Gasteiger partial charge on any atom is 0.157 e. The van der Waals surface area contributed by atoms with Crippen LogP contribution < -0.4 is 4.74 Å². The molecule has 0 spiro atoms. The lowest BCUT2D eigenvalue weighted by molar-refractivity contribution is 0.306. The van der Waals surface area contributed by atoms with Crippen LogP contribution in [0.5, 0.6) is 5.75 Å². The third kappa shape index (κ3) is 3.79. The summed E-state index contributed by atoms with van der Waals surface area (Å²) in [5.41, 5.74) is 1.49. The van der Waals surface area contributed by atoms with Crippen LogP contribution in [0.2, 0.25) is 15.1 Å².